The number of rotatable bonds is 8. The van der Waals surface area contributed by atoms with E-state index in [-0.39, 0.29) is 29.3 Å². The Bertz CT molecular complexity index is 1120. The van der Waals surface area contributed by atoms with E-state index in [0.29, 0.717) is 17.8 Å². The summed E-state index contributed by atoms with van der Waals surface area (Å²) in [5.74, 6) is -0.475. The molecule has 8 nitrogen and oxygen atoms in total. The van der Waals surface area contributed by atoms with Gasteiger partial charge in [-0.15, -0.1) is 11.3 Å². The summed E-state index contributed by atoms with van der Waals surface area (Å²) in [4.78, 5) is 28.2. The van der Waals surface area contributed by atoms with E-state index in [4.69, 9.17) is 4.74 Å². The summed E-state index contributed by atoms with van der Waals surface area (Å²) in [6.07, 6.45) is 2.01. The highest BCUT2D eigenvalue weighted by Gasteiger charge is 2.21. The van der Waals surface area contributed by atoms with Crippen LogP contribution in [0.3, 0.4) is 0 Å². The number of aromatic nitrogens is 2. The quantitative estimate of drug-likeness (QED) is 0.515. The van der Waals surface area contributed by atoms with Crippen molar-refractivity contribution in [3.8, 4) is 0 Å². The summed E-state index contributed by atoms with van der Waals surface area (Å²) in [5, 5.41) is 1.70. The molecule has 0 fully saturated rings. The Morgan fingerprint density at radius 2 is 2.11 bits per heavy atom. The van der Waals surface area contributed by atoms with Crippen molar-refractivity contribution in [2.45, 2.75) is 23.7 Å². The number of ether oxygens (including phenoxy) is 1. The first kappa shape index (κ1) is 20.2. The molecule has 0 spiro atoms. The Kier molecular flexibility index (Phi) is 6.22. The number of hydrogen-bond donors (Lipinski definition) is 0. The first-order chi connectivity index (χ1) is 13.4. The maximum Gasteiger partial charge on any atom is 0.306 e. The first-order valence-corrected chi connectivity index (χ1v) is 10.8. The average molecular weight is 422 g/mol. The van der Waals surface area contributed by atoms with E-state index in [1.54, 1.807) is 41.9 Å². The highest BCUT2D eigenvalue weighted by Crippen LogP contribution is 2.20. The Labute approximate surface area is 166 Å². The Morgan fingerprint density at radius 3 is 2.86 bits per heavy atom. The fourth-order valence-corrected chi connectivity index (χ4v) is 4.94. The summed E-state index contributed by atoms with van der Waals surface area (Å²) >= 11 is 1.15. The third-order valence-corrected chi connectivity index (χ3v) is 7.25. The van der Waals surface area contributed by atoms with Crippen molar-refractivity contribution in [3.63, 3.8) is 0 Å². The van der Waals surface area contributed by atoms with E-state index in [0.717, 1.165) is 11.3 Å². The Balaban J connectivity index is 1.49. The third kappa shape index (κ3) is 4.64. The first-order valence-electron chi connectivity index (χ1n) is 8.51. The van der Waals surface area contributed by atoms with Gasteiger partial charge in [0.2, 0.25) is 0 Å². The summed E-state index contributed by atoms with van der Waals surface area (Å²) in [7, 11) is -2.04. The molecule has 3 rings (SSSR count). The van der Waals surface area contributed by atoms with Gasteiger partial charge in [0.05, 0.1) is 5.69 Å². The van der Waals surface area contributed by atoms with Gasteiger partial charge < -0.3 is 4.74 Å². The van der Waals surface area contributed by atoms with Gasteiger partial charge in [-0.3, -0.25) is 14.0 Å². The molecule has 0 aromatic carbocycles. The van der Waals surface area contributed by atoms with Gasteiger partial charge in [0, 0.05) is 32.3 Å². The van der Waals surface area contributed by atoms with Crippen LogP contribution in [0.1, 0.15) is 18.5 Å². The Hall–Kier alpha value is -2.56. The smallest absolute Gasteiger partial charge is 0.306 e. The molecule has 0 bridgehead atoms. The number of sulfonamides is 1. The summed E-state index contributed by atoms with van der Waals surface area (Å²) < 4.78 is 32.6. The van der Waals surface area contributed by atoms with Crippen molar-refractivity contribution in [2.24, 2.45) is 0 Å². The second-order valence-electron chi connectivity index (χ2n) is 6.04. The van der Waals surface area contributed by atoms with Crippen molar-refractivity contribution in [2.75, 3.05) is 13.6 Å². The van der Waals surface area contributed by atoms with Gasteiger partial charge in [-0.1, -0.05) is 12.1 Å². The van der Waals surface area contributed by atoms with Gasteiger partial charge in [-0.2, -0.15) is 0 Å². The highest BCUT2D eigenvalue weighted by atomic mass is 32.2. The fraction of sp³-hybridized carbons (Fsp3) is 0.278. The highest BCUT2D eigenvalue weighted by molar-refractivity contribution is 7.91. The monoisotopic (exact) mass is 421 g/mol. The second-order valence-corrected chi connectivity index (χ2v) is 9.26. The zero-order chi connectivity index (χ0) is 20.1. The van der Waals surface area contributed by atoms with E-state index in [9.17, 15) is 18.0 Å². The predicted octanol–water partition coefficient (Wildman–Crippen LogP) is 1.90. The summed E-state index contributed by atoms with van der Waals surface area (Å²) in [6, 6.07) is 9.72. The molecule has 0 unspecified atom stereocenters. The van der Waals surface area contributed by atoms with Crippen LogP contribution in [0.2, 0.25) is 0 Å². The van der Waals surface area contributed by atoms with Crippen molar-refractivity contribution in [3.05, 3.63) is 64.0 Å². The second kappa shape index (κ2) is 8.63. The number of esters is 1. The lowest BCUT2D eigenvalue weighted by atomic mass is 10.3. The molecule has 0 aliphatic carbocycles. The maximum atomic E-state index is 12.3. The molecule has 0 amide bonds. The van der Waals surface area contributed by atoms with Crippen molar-refractivity contribution >= 4 is 33.0 Å². The molecule has 28 heavy (non-hydrogen) atoms. The molecular weight excluding hydrogens is 402 g/mol. The molecule has 148 valence electrons. The van der Waals surface area contributed by atoms with Gasteiger partial charge in [0.25, 0.3) is 15.6 Å². The number of pyridine rings is 1. The SMILES string of the molecule is CN(CCCC(=O)OCc1cc(=O)n2ccccc2n1)S(=O)(=O)c1cccs1. The number of nitrogens with zero attached hydrogens (tertiary/aromatic N) is 3. The number of fused-ring (bicyclic) bond motifs is 1. The molecule has 3 aromatic rings. The van der Waals surface area contributed by atoms with Crippen LogP contribution in [0.4, 0.5) is 0 Å². The largest absolute Gasteiger partial charge is 0.459 e. The number of carbonyl (C=O) groups excluding carboxylic acids is 1. The summed E-state index contributed by atoms with van der Waals surface area (Å²) in [6.45, 7) is 0.0910. The molecule has 3 aromatic heterocycles. The zero-order valence-corrected chi connectivity index (χ0v) is 16.8. The van der Waals surface area contributed by atoms with Crippen LogP contribution in [0.15, 0.2) is 57.0 Å². The van der Waals surface area contributed by atoms with Crippen LogP contribution in [0.25, 0.3) is 5.65 Å². The minimum absolute atomic E-state index is 0.0663. The van der Waals surface area contributed by atoms with Gasteiger partial charge in [-0.25, -0.2) is 17.7 Å². The molecule has 0 saturated heterocycles. The van der Waals surface area contributed by atoms with Crippen LogP contribution in [0.5, 0.6) is 0 Å². The predicted molar refractivity (Wildman–Crippen MR) is 105 cm³/mol. The third-order valence-electron chi connectivity index (χ3n) is 4.02. The topological polar surface area (TPSA) is 98.0 Å². The van der Waals surface area contributed by atoms with Gasteiger partial charge in [-0.05, 0) is 30.0 Å². The fourth-order valence-electron chi connectivity index (χ4n) is 2.53. The lowest BCUT2D eigenvalue weighted by molar-refractivity contribution is -0.145. The van der Waals surface area contributed by atoms with Crippen molar-refractivity contribution in [1.82, 2.24) is 13.7 Å². The maximum absolute atomic E-state index is 12.3. The molecule has 0 radical (unpaired) electrons. The van der Waals surface area contributed by atoms with Crippen LogP contribution < -0.4 is 5.56 Å². The van der Waals surface area contributed by atoms with Gasteiger partial charge >= 0.3 is 5.97 Å². The summed E-state index contributed by atoms with van der Waals surface area (Å²) in [5.41, 5.74) is 0.584. The van der Waals surface area contributed by atoms with Crippen LogP contribution in [-0.4, -0.2) is 41.7 Å². The van der Waals surface area contributed by atoms with E-state index < -0.39 is 16.0 Å². The number of carbonyl (C=O) groups is 1. The standard InChI is InChI=1S/C18H19N3O5S2/c1-20(28(24,25)18-8-5-11-27-18)9-4-7-17(23)26-13-14-12-16(22)21-10-3-2-6-15(21)19-14/h2-3,5-6,8,10-12H,4,7,9,13H2,1H3. The average Bonchev–Trinajstić information content (AvgIpc) is 3.22. The molecule has 0 aliphatic rings. The van der Waals surface area contributed by atoms with E-state index in [1.807, 2.05) is 0 Å². The van der Waals surface area contributed by atoms with E-state index in [1.165, 1.54) is 21.8 Å². The van der Waals surface area contributed by atoms with Gasteiger partial charge in [0.1, 0.15) is 16.5 Å². The minimum atomic E-state index is -3.52. The van der Waals surface area contributed by atoms with Crippen LogP contribution in [-0.2, 0) is 26.2 Å². The molecule has 0 N–H and O–H groups in total. The molecule has 0 aliphatic heterocycles. The molecule has 10 heteroatoms. The minimum Gasteiger partial charge on any atom is -0.459 e. The van der Waals surface area contributed by atoms with Crippen LogP contribution >= 0.6 is 11.3 Å². The normalized spacial score (nSPS) is 11.8. The lowest BCUT2D eigenvalue weighted by Gasteiger charge is -2.15. The van der Waals surface area contributed by atoms with E-state index in [2.05, 4.69) is 4.98 Å². The number of thiophene rings is 1. The van der Waals surface area contributed by atoms with Crippen molar-refractivity contribution < 1.29 is 17.9 Å². The molecular formula is C18H19N3O5S2. The van der Waals surface area contributed by atoms with Crippen molar-refractivity contribution in [1.29, 1.82) is 0 Å². The lowest BCUT2D eigenvalue weighted by Crippen LogP contribution is -2.27. The van der Waals surface area contributed by atoms with E-state index >= 15 is 0 Å². The molecule has 3 heterocycles. The number of hydrogen-bond acceptors (Lipinski definition) is 7. The van der Waals surface area contributed by atoms with Gasteiger partial charge in [0.15, 0.2) is 0 Å². The zero-order valence-electron chi connectivity index (χ0n) is 15.1. The Morgan fingerprint density at radius 1 is 1.29 bits per heavy atom. The molecule has 0 saturated carbocycles. The molecule has 0 atom stereocenters. The van der Waals surface area contributed by atoms with Crippen LogP contribution in [0, 0.1) is 0 Å².